The van der Waals surface area contributed by atoms with Gasteiger partial charge < -0.3 is 0 Å². The van der Waals surface area contributed by atoms with Crippen LogP contribution in [0, 0.1) is 0 Å². The molecule has 0 N–H and O–H groups in total. The van der Waals surface area contributed by atoms with E-state index in [0.29, 0.717) is 0 Å². The minimum Gasteiger partial charge on any atom is -0.266 e. The smallest absolute Gasteiger partial charge is 0.149 e. The van der Waals surface area contributed by atoms with Gasteiger partial charge in [-0.2, -0.15) is 0 Å². The molecule has 0 fully saturated rings. The van der Waals surface area contributed by atoms with Crippen LogP contribution in [0.25, 0.3) is 11.4 Å². The van der Waals surface area contributed by atoms with Crippen molar-refractivity contribution >= 4 is 16.1 Å². The van der Waals surface area contributed by atoms with Gasteiger partial charge >= 0.3 is 0 Å². The van der Waals surface area contributed by atoms with E-state index < -0.39 is 0 Å². The maximum Gasteiger partial charge on any atom is 0.149 e. The van der Waals surface area contributed by atoms with E-state index in [0.717, 1.165) is 11.4 Å². The highest BCUT2D eigenvalue weighted by atomic mass is 79.9. The predicted molar refractivity (Wildman–Crippen MR) is 52.0 cm³/mol. The van der Waals surface area contributed by atoms with Crippen LogP contribution in [0.1, 0.15) is 0 Å². The lowest BCUT2D eigenvalue weighted by molar-refractivity contribution is 1.26. The highest BCUT2D eigenvalue weighted by Gasteiger charge is 2.01. The average molecular weight is 223 g/mol. The molecule has 1 aromatic heterocycles. The number of hydrogen-bond donors (Lipinski definition) is 0. The lowest BCUT2D eigenvalue weighted by atomic mass is 10.2. The van der Waals surface area contributed by atoms with Crippen LogP contribution in [0.5, 0.6) is 0 Å². The molecule has 0 saturated carbocycles. The summed E-state index contributed by atoms with van der Waals surface area (Å²) in [6, 6.07) is 10.0. The third kappa shape index (κ3) is 1.28. The highest BCUT2D eigenvalue weighted by Crippen LogP contribution is 2.17. The zero-order valence-corrected chi connectivity index (χ0v) is 7.90. The summed E-state index contributed by atoms with van der Waals surface area (Å²) in [6.07, 6.45) is 3.62. The Balaban J connectivity index is 2.51. The first kappa shape index (κ1) is 7.55. The quantitative estimate of drug-likeness (QED) is 0.726. The van der Waals surface area contributed by atoms with Crippen molar-refractivity contribution in [2.45, 2.75) is 0 Å². The summed E-state index contributed by atoms with van der Waals surface area (Å²) in [5.74, 6) is 0.926. The standard InChI is InChI=1S/C9H7BrN2/c10-12-7-6-11-9(12)8-4-2-1-3-5-8/h1-7H. The number of nitrogens with zero attached hydrogens (tertiary/aromatic N) is 2. The summed E-state index contributed by atoms with van der Waals surface area (Å²) in [6.45, 7) is 0. The van der Waals surface area contributed by atoms with Crippen LogP contribution < -0.4 is 0 Å². The Labute approximate surface area is 79.2 Å². The minimum atomic E-state index is 0.926. The van der Waals surface area contributed by atoms with Gasteiger partial charge in [0, 0.05) is 18.0 Å². The highest BCUT2D eigenvalue weighted by molar-refractivity contribution is 9.08. The lowest BCUT2D eigenvalue weighted by Gasteiger charge is -1.97. The topological polar surface area (TPSA) is 17.8 Å². The zero-order valence-electron chi connectivity index (χ0n) is 6.31. The molecule has 1 aromatic carbocycles. The number of benzene rings is 1. The van der Waals surface area contributed by atoms with Crippen molar-refractivity contribution in [3.8, 4) is 11.4 Å². The summed E-state index contributed by atoms with van der Waals surface area (Å²) in [4.78, 5) is 4.20. The Hall–Kier alpha value is -1.09. The number of rotatable bonds is 1. The second-order valence-electron chi connectivity index (χ2n) is 2.43. The molecule has 2 rings (SSSR count). The Morgan fingerprint density at radius 1 is 1.17 bits per heavy atom. The summed E-state index contributed by atoms with van der Waals surface area (Å²) in [5.41, 5.74) is 1.11. The van der Waals surface area contributed by atoms with Gasteiger partial charge in [0.2, 0.25) is 0 Å². The normalized spacial score (nSPS) is 10.1. The van der Waals surface area contributed by atoms with Crippen molar-refractivity contribution in [3.05, 3.63) is 42.7 Å². The fourth-order valence-corrected chi connectivity index (χ4v) is 1.48. The average Bonchev–Trinajstić information content (AvgIpc) is 2.53. The summed E-state index contributed by atoms with van der Waals surface area (Å²) in [5, 5.41) is 0. The molecule has 0 aliphatic carbocycles. The van der Waals surface area contributed by atoms with E-state index in [1.165, 1.54) is 0 Å². The molecular weight excluding hydrogens is 216 g/mol. The fraction of sp³-hybridized carbons (Fsp3) is 0. The van der Waals surface area contributed by atoms with Crippen molar-refractivity contribution < 1.29 is 0 Å². The van der Waals surface area contributed by atoms with Crippen molar-refractivity contribution in [2.75, 3.05) is 0 Å². The minimum absolute atomic E-state index is 0.926. The molecule has 0 spiro atoms. The molecule has 0 radical (unpaired) electrons. The van der Waals surface area contributed by atoms with Crippen molar-refractivity contribution in [1.29, 1.82) is 0 Å². The predicted octanol–water partition coefficient (Wildman–Crippen LogP) is 2.71. The van der Waals surface area contributed by atoms with E-state index in [-0.39, 0.29) is 0 Å². The molecule has 0 bridgehead atoms. The van der Waals surface area contributed by atoms with Crippen molar-refractivity contribution in [1.82, 2.24) is 8.58 Å². The summed E-state index contributed by atoms with van der Waals surface area (Å²) >= 11 is 3.36. The molecular formula is C9H7BrN2. The molecule has 60 valence electrons. The molecule has 2 aromatic rings. The first-order valence-electron chi connectivity index (χ1n) is 3.63. The van der Waals surface area contributed by atoms with E-state index in [1.807, 2.05) is 40.1 Å². The van der Waals surface area contributed by atoms with E-state index in [2.05, 4.69) is 21.1 Å². The first-order valence-corrected chi connectivity index (χ1v) is 4.34. The second kappa shape index (κ2) is 3.11. The largest absolute Gasteiger partial charge is 0.266 e. The van der Waals surface area contributed by atoms with E-state index in [9.17, 15) is 0 Å². The van der Waals surface area contributed by atoms with E-state index >= 15 is 0 Å². The van der Waals surface area contributed by atoms with Gasteiger partial charge in [-0.25, -0.2) is 4.98 Å². The van der Waals surface area contributed by atoms with E-state index in [1.54, 1.807) is 6.20 Å². The van der Waals surface area contributed by atoms with Crippen molar-refractivity contribution in [3.63, 3.8) is 0 Å². The van der Waals surface area contributed by atoms with Gasteiger partial charge in [0.25, 0.3) is 0 Å². The van der Waals surface area contributed by atoms with Gasteiger partial charge in [-0.3, -0.25) is 3.59 Å². The molecule has 0 aliphatic rings. The molecule has 1 heterocycles. The van der Waals surface area contributed by atoms with Crippen molar-refractivity contribution in [2.24, 2.45) is 0 Å². The van der Waals surface area contributed by atoms with Gasteiger partial charge in [0.1, 0.15) is 5.82 Å². The molecule has 0 amide bonds. The Kier molecular flexibility index (Phi) is 1.96. The molecule has 3 heteroatoms. The van der Waals surface area contributed by atoms with Crippen LogP contribution in [0.3, 0.4) is 0 Å². The third-order valence-electron chi connectivity index (χ3n) is 1.63. The zero-order chi connectivity index (χ0) is 8.39. The van der Waals surface area contributed by atoms with Gasteiger partial charge in [-0.05, 0) is 0 Å². The molecule has 0 saturated heterocycles. The maximum absolute atomic E-state index is 4.20. The van der Waals surface area contributed by atoms with Gasteiger partial charge in [0.15, 0.2) is 0 Å². The van der Waals surface area contributed by atoms with Gasteiger partial charge in [-0.15, -0.1) is 0 Å². The monoisotopic (exact) mass is 222 g/mol. The molecule has 0 aliphatic heterocycles. The number of halogens is 1. The summed E-state index contributed by atoms with van der Waals surface area (Å²) in [7, 11) is 0. The summed E-state index contributed by atoms with van der Waals surface area (Å²) < 4.78 is 1.82. The third-order valence-corrected chi connectivity index (χ3v) is 2.20. The van der Waals surface area contributed by atoms with Crippen LogP contribution in [-0.4, -0.2) is 8.58 Å². The number of aromatic nitrogens is 2. The SMILES string of the molecule is Brn1ccnc1-c1ccccc1. The Bertz CT molecular complexity index is 367. The Morgan fingerprint density at radius 3 is 2.50 bits per heavy atom. The first-order chi connectivity index (χ1) is 5.88. The van der Waals surface area contributed by atoms with Gasteiger partial charge in [-0.1, -0.05) is 30.3 Å². The van der Waals surface area contributed by atoms with Crippen LogP contribution in [0.4, 0.5) is 0 Å². The maximum atomic E-state index is 4.20. The lowest BCUT2D eigenvalue weighted by Crippen LogP contribution is -1.83. The van der Waals surface area contributed by atoms with E-state index in [4.69, 9.17) is 0 Å². The molecule has 0 unspecified atom stereocenters. The fourth-order valence-electron chi connectivity index (χ4n) is 1.07. The Morgan fingerprint density at radius 2 is 1.92 bits per heavy atom. The van der Waals surface area contributed by atoms with Crippen LogP contribution in [0.2, 0.25) is 0 Å². The van der Waals surface area contributed by atoms with Crippen LogP contribution in [-0.2, 0) is 0 Å². The van der Waals surface area contributed by atoms with Gasteiger partial charge in [0.05, 0.1) is 16.1 Å². The second-order valence-corrected chi connectivity index (χ2v) is 3.19. The number of imidazole rings is 1. The number of hydrogen-bond acceptors (Lipinski definition) is 1. The molecule has 2 nitrogen and oxygen atoms in total. The molecule has 12 heavy (non-hydrogen) atoms. The van der Waals surface area contributed by atoms with Crippen LogP contribution in [0.15, 0.2) is 42.7 Å². The van der Waals surface area contributed by atoms with Crippen LogP contribution >= 0.6 is 16.1 Å². The molecule has 0 atom stereocenters.